The van der Waals surface area contributed by atoms with Gasteiger partial charge in [-0.15, -0.1) is 0 Å². The van der Waals surface area contributed by atoms with E-state index in [1.165, 1.54) is 0 Å². The SMILES string of the molecule is COc1ccc2c(c1)N(C(=O)c1c(OC)cccc1OC)CC(C)C2. The molecule has 0 saturated carbocycles. The molecule has 1 unspecified atom stereocenters. The Labute approximate surface area is 148 Å². The summed E-state index contributed by atoms with van der Waals surface area (Å²) in [6.07, 6.45) is 0.937. The number of ether oxygens (including phenoxy) is 3. The second-order valence-electron chi connectivity index (χ2n) is 6.26. The highest BCUT2D eigenvalue weighted by Gasteiger charge is 2.31. The monoisotopic (exact) mass is 341 g/mol. The number of hydrogen-bond acceptors (Lipinski definition) is 4. The van der Waals surface area contributed by atoms with E-state index in [0.29, 0.717) is 29.5 Å². The van der Waals surface area contributed by atoms with E-state index in [2.05, 4.69) is 6.92 Å². The molecule has 1 amide bonds. The highest BCUT2D eigenvalue weighted by Crippen LogP contribution is 2.37. The van der Waals surface area contributed by atoms with Crippen LogP contribution in [-0.2, 0) is 6.42 Å². The van der Waals surface area contributed by atoms with Gasteiger partial charge in [-0.2, -0.15) is 0 Å². The number of methoxy groups -OCH3 is 3. The molecule has 1 heterocycles. The predicted molar refractivity (Wildman–Crippen MR) is 97.1 cm³/mol. The predicted octanol–water partition coefficient (Wildman–Crippen LogP) is 3.55. The van der Waals surface area contributed by atoms with Gasteiger partial charge in [0, 0.05) is 12.6 Å². The first-order valence-corrected chi connectivity index (χ1v) is 8.28. The van der Waals surface area contributed by atoms with Crippen molar-refractivity contribution < 1.29 is 19.0 Å². The van der Waals surface area contributed by atoms with E-state index in [9.17, 15) is 4.79 Å². The number of carbonyl (C=O) groups is 1. The van der Waals surface area contributed by atoms with Gasteiger partial charge in [0.2, 0.25) is 0 Å². The number of hydrogen-bond donors (Lipinski definition) is 0. The maximum atomic E-state index is 13.4. The third kappa shape index (κ3) is 3.14. The van der Waals surface area contributed by atoms with Crippen LogP contribution in [-0.4, -0.2) is 33.8 Å². The van der Waals surface area contributed by atoms with E-state index in [1.54, 1.807) is 38.4 Å². The molecule has 0 bridgehead atoms. The number of carbonyl (C=O) groups excluding carboxylic acids is 1. The summed E-state index contributed by atoms with van der Waals surface area (Å²) in [4.78, 5) is 15.2. The maximum Gasteiger partial charge on any atom is 0.265 e. The van der Waals surface area contributed by atoms with Crippen molar-refractivity contribution in [2.45, 2.75) is 13.3 Å². The second-order valence-corrected chi connectivity index (χ2v) is 6.26. The van der Waals surface area contributed by atoms with Crippen LogP contribution in [0.1, 0.15) is 22.8 Å². The lowest BCUT2D eigenvalue weighted by Gasteiger charge is -2.34. The van der Waals surface area contributed by atoms with Crippen LogP contribution in [0.2, 0.25) is 0 Å². The minimum Gasteiger partial charge on any atom is -0.497 e. The second kappa shape index (κ2) is 7.05. The number of anilines is 1. The Kier molecular flexibility index (Phi) is 4.83. The zero-order valence-electron chi connectivity index (χ0n) is 15.0. The Morgan fingerprint density at radius 1 is 1.04 bits per heavy atom. The molecule has 0 saturated heterocycles. The molecule has 0 aliphatic carbocycles. The molecule has 1 aliphatic rings. The van der Waals surface area contributed by atoms with Gasteiger partial charge in [-0.05, 0) is 36.1 Å². The van der Waals surface area contributed by atoms with E-state index in [-0.39, 0.29) is 5.91 Å². The highest BCUT2D eigenvalue weighted by atomic mass is 16.5. The molecule has 0 N–H and O–H groups in total. The number of rotatable bonds is 4. The third-order valence-electron chi connectivity index (χ3n) is 4.53. The van der Waals surface area contributed by atoms with Crippen LogP contribution >= 0.6 is 0 Å². The molecule has 1 aliphatic heterocycles. The lowest BCUT2D eigenvalue weighted by molar-refractivity contribution is 0.0975. The molecule has 3 rings (SSSR count). The standard InChI is InChI=1S/C20H23NO4/c1-13-10-14-8-9-15(23-2)11-16(14)21(12-13)20(22)19-17(24-3)6-5-7-18(19)25-4/h5-9,11,13H,10,12H2,1-4H3. The minimum atomic E-state index is -0.129. The maximum absolute atomic E-state index is 13.4. The van der Waals surface area contributed by atoms with Crippen molar-refractivity contribution in [2.24, 2.45) is 5.92 Å². The molecule has 132 valence electrons. The molecular formula is C20H23NO4. The van der Waals surface area contributed by atoms with Crippen LogP contribution in [0.25, 0.3) is 0 Å². The molecule has 0 fully saturated rings. The Hall–Kier alpha value is -2.69. The van der Waals surface area contributed by atoms with E-state index in [0.717, 1.165) is 23.4 Å². The van der Waals surface area contributed by atoms with Crippen molar-refractivity contribution in [2.75, 3.05) is 32.8 Å². The van der Waals surface area contributed by atoms with Crippen molar-refractivity contribution in [1.29, 1.82) is 0 Å². The Balaban J connectivity index is 2.10. The molecule has 5 nitrogen and oxygen atoms in total. The van der Waals surface area contributed by atoms with Crippen LogP contribution in [0, 0.1) is 5.92 Å². The van der Waals surface area contributed by atoms with Gasteiger partial charge in [0.05, 0.1) is 27.0 Å². The highest BCUT2D eigenvalue weighted by molar-refractivity contribution is 6.10. The zero-order chi connectivity index (χ0) is 18.0. The van der Waals surface area contributed by atoms with E-state index in [4.69, 9.17) is 14.2 Å². The van der Waals surface area contributed by atoms with Crippen LogP contribution in [0.5, 0.6) is 17.2 Å². The number of amides is 1. The van der Waals surface area contributed by atoms with Gasteiger partial charge in [0.25, 0.3) is 5.91 Å². The fourth-order valence-corrected chi connectivity index (χ4v) is 3.33. The number of nitrogens with zero attached hydrogens (tertiary/aromatic N) is 1. The molecule has 25 heavy (non-hydrogen) atoms. The lowest BCUT2D eigenvalue weighted by atomic mass is 9.93. The Morgan fingerprint density at radius 3 is 2.32 bits per heavy atom. The summed E-state index contributed by atoms with van der Waals surface area (Å²) in [6, 6.07) is 11.2. The van der Waals surface area contributed by atoms with Crippen molar-refractivity contribution in [1.82, 2.24) is 0 Å². The summed E-state index contributed by atoms with van der Waals surface area (Å²) in [5, 5.41) is 0. The molecule has 2 aromatic rings. The largest absolute Gasteiger partial charge is 0.497 e. The van der Waals surface area contributed by atoms with Gasteiger partial charge >= 0.3 is 0 Å². The Bertz CT molecular complexity index is 765. The molecular weight excluding hydrogens is 318 g/mol. The van der Waals surface area contributed by atoms with Gasteiger partial charge in [-0.25, -0.2) is 0 Å². The average Bonchev–Trinajstić information content (AvgIpc) is 2.65. The Morgan fingerprint density at radius 2 is 1.72 bits per heavy atom. The first-order chi connectivity index (χ1) is 12.1. The molecule has 0 spiro atoms. The lowest BCUT2D eigenvalue weighted by Crippen LogP contribution is -2.39. The van der Waals surface area contributed by atoms with Gasteiger partial charge in [-0.3, -0.25) is 4.79 Å². The number of fused-ring (bicyclic) bond motifs is 1. The smallest absolute Gasteiger partial charge is 0.265 e. The summed E-state index contributed by atoms with van der Waals surface area (Å²) in [7, 11) is 4.74. The molecule has 5 heteroatoms. The van der Waals surface area contributed by atoms with Gasteiger partial charge in [0.1, 0.15) is 22.8 Å². The van der Waals surface area contributed by atoms with Crippen molar-refractivity contribution in [3.05, 3.63) is 47.5 Å². The fourth-order valence-electron chi connectivity index (χ4n) is 3.33. The minimum absolute atomic E-state index is 0.129. The number of benzene rings is 2. The quantitative estimate of drug-likeness (QED) is 0.853. The van der Waals surface area contributed by atoms with Crippen LogP contribution in [0.15, 0.2) is 36.4 Å². The van der Waals surface area contributed by atoms with Crippen molar-refractivity contribution in [3.8, 4) is 17.2 Å². The van der Waals surface area contributed by atoms with Gasteiger partial charge in [-0.1, -0.05) is 19.1 Å². The molecule has 0 aromatic heterocycles. The summed E-state index contributed by atoms with van der Waals surface area (Å²) in [6.45, 7) is 2.78. The van der Waals surface area contributed by atoms with E-state index >= 15 is 0 Å². The zero-order valence-corrected chi connectivity index (χ0v) is 15.0. The third-order valence-corrected chi connectivity index (χ3v) is 4.53. The topological polar surface area (TPSA) is 48.0 Å². The summed E-state index contributed by atoms with van der Waals surface area (Å²) in [5.74, 6) is 1.98. The summed E-state index contributed by atoms with van der Waals surface area (Å²) in [5.41, 5.74) is 2.47. The van der Waals surface area contributed by atoms with Gasteiger partial charge in [0.15, 0.2) is 0 Å². The summed E-state index contributed by atoms with van der Waals surface area (Å²) >= 11 is 0. The average molecular weight is 341 g/mol. The molecule has 1 atom stereocenters. The summed E-state index contributed by atoms with van der Waals surface area (Å²) < 4.78 is 16.2. The van der Waals surface area contributed by atoms with Gasteiger partial charge < -0.3 is 19.1 Å². The van der Waals surface area contributed by atoms with Crippen LogP contribution < -0.4 is 19.1 Å². The van der Waals surface area contributed by atoms with E-state index < -0.39 is 0 Å². The van der Waals surface area contributed by atoms with Crippen molar-refractivity contribution >= 4 is 11.6 Å². The first kappa shape index (κ1) is 17.1. The molecule has 2 aromatic carbocycles. The normalized spacial score (nSPS) is 16.2. The van der Waals surface area contributed by atoms with Crippen LogP contribution in [0.3, 0.4) is 0 Å². The first-order valence-electron chi connectivity index (χ1n) is 8.28. The fraction of sp³-hybridized carbons (Fsp3) is 0.350. The van der Waals surface area contributed by atoms with Crippen LogP contribution in [0.4, 0.5) is 5.69 Å². The van der Waals surface area contributed by atoms with E-state index in [1.807, 2.05) is 24.3 Å². The van der Waals surface area contributed by atoms with Crippen molar-refractivity contribution in [3.63, 3.8) is 0 Å². The molecule has 0 radical (unpaired) electrons.